The number of imidazole rings is 1. The molecule has 0 aliphatic rings. The highest BCUT2D eigenvalue weighted by Crippen LogP contribution is 2.08. The highest BCUT2D eigenvalue weighted by molar-refractivity contribution is 5.94. The standard InChI is InChI=1S/C12H14N4O/c1-9-10(4-3-5-13-9)12(17)16(2)8-11-14-6-7-15-11/h3-7H,8H2,1-2H3,(H,14,15). The number of carbonyl (C=O) groups is 1. The molecule has 5 nitrogen and oxygen atoms in total. The SMILES string of the molecule is Cc1ncccc1C(=O)N(C)Cc1ncc[nH]1. The molecule has 0 radical (unpaired) electrons. The summed E-state index contributed by atoms with van der Waals surface area (Å²) in [5.74, 6) is 0.717. The van der Waals surface area contributed by atoms with Crippen molar-refractivity contribution in [2.45, 2.75) is 13.5 Å². The van der Waals surface area contributed by atoms with Gasteiger partial charge in [0.05, 0.1) is 12.1 Å². The van der Waals surface area contributed by atoms with Crippen LogP contribution in [-0.2, 0) is 6.54 Å². The molecule has 2 aromatic heterocycles. The molecule has 0 bridgehead atoms. The van der Waals surface area contributed by atoms with Gasteiger partial charge in [-0.1, -0.05) is 0 Å². The first kappa shape index (κ1) is 11.3. The Kier molecular flexibility index (Phi) is 3.18. The molecule has 0 aromatic carbocycles. The minimum atomic E-state index is -0.0491. The summed E-state index contributed by atoms with van der Waals surface area (Å²) in [7, 11) is 1.75. The zero-order chi connectivity index (χ0) is 12.3. The van der Waals surface area contributed by atoms with Gasteiger partial charge in [0.15, 0.2) is 0 Å². The smallest absolute Gasteiger partial charge is 0.255 e. The average molecular weight is 230 g/mol. The summed E-state index contributed by atoms with van der Waals surface area (Å²) in [5.41, 5.74) is 1.37. The van der Waals surface area contributed by atoms with Crippen LogP contribution in [0, 0.1) is 6.92 Å². The first-order valence-electron chi connectivity index (χ1n) is 5.34. The van der Waals surface area contributed by atoms with E-state index in [0.29, 0.717) is 12.1 Å². The van der Waals surface area contributed by atoms with Crippen molar-refractivity contribution in [2.75, 3.05) is 7.05 Å². The lowest BCUT2D eigenvalue weighted by molar-refractivity contribution is 0.0780. The van der Waals surface area contributed by atoms with Gasteiger partial charge in [0.25, 0.3) is 5.91 Å². The van der Waals surface area contributed by atoms with E-state index >= 15 is 0 Å². The van der Waals surface area contributed by atoms with E-state index in [1.807, 2.05) is 6.92 Å². The minimum absolute atomic E-state index is 0.0491. The third-order valence-corrected chi connectivity index (χ3v) is 2.53. The number of nitrogens with one attached hydrogen (secondary N) is 1. The molecule has 88 valence electrons. The van der Waals surface area contributed by atoms with Crippen molar-refractivity contribution in [1.82, 2.24) is 19.9 Å². The van der Waals surface area contributed by atoms with Gasteiger partial charge in [-0.25, -0.2) is 4.98 Å². The summed E-state index contributed by atoms with van der Waals surface area (Å²) >= 11 is 0. The van der Waals surface area contributed by atoms with Crippen LogP contribution in [0.3, 0.4) is 0 Å². The van der Waals surface area contributed by atoms with E-state index in [0.717, 1.165) is 11.5 Å². The second-order valence-corrected chi connectivity index (χ2v) is 3.83. The fourth-order valence-electron chi connectivity index (χ4n) is 1.60. The summed E-state index contributed by atoms with van der Waals surface area (Å²) in [6, 6.07) is 3.55. The number of aryl methyl sites for hydroxylation is 1. The van der Waals surface area contributed by atoms with Crippen molar-refractivity contribution in [3.63, 3.8) is 0 Å². The first-order valence-corrected chi connectivity index (χ1v) is 5.34. The molecule has 0 saturated heterocycles. The van der Waals surface area contributed by atoms with Crippen LogP contribution in [0.4, 0.5) is 0 Å². The molecule has 5 heteroatoms. The molecule has 2 heterocycles. The quantitative estimate of drug-likeness (QED) is 0.866. The molecular weight excluding hydrogens is 216 g/mol. The van der Waals surface area contributed by atoms with Gasteiger partial charge in [-0.05, 0) is 19.1 Å². The number of rotatable bonds is 3. The van der Waals surface area contributed by atoms with E-state index in [4.69, 9.17) is 0 Å². The van der Waals surface area contributed by atoms with Crippen LogP contribution in [0.15, 0.2) is 30.7 Å². The molecule has 17 heavy (non-hydrogen) atoms. The van der Waals surface area contributed by atoms with Gasteiger partial charge in [-0.15, -0.1) is 0 Å². The number of aromatic amines is 1. The van der Waals surface area contributed by atoms with Crippen molar-refractivity contribution in [1.29, 1.82) is 0 Å². The third-order valence-electron chi connectivity index (χ3n) is 2.53. The number of pyridine rings is 1. The Hall–Kier alpha value is -2.17. The Labute approximate surface area is 99.5 Å². The van der Waals surface area contributed by atoms with Gasteiger partial charge in [-0.3, -0.25) is 9.78 Å². The predicted molar refractivity (Wildman–Crippen MR) is 63.4 cm³/mol. The van der Waals surface area contributed by atoms with Crippen LogP contribution in [0.2, 0.25) is 0 Å². The molecule has 1 amide bonds. The lowest BCUT2D eigenvalue weighted by Crippen LogP contribution is -2.27. The number of hydrogen-bond acceptors (Lipinski definition) is 3. The van der Waals surface area contributed by atoms with Crippen molar-refractivity contribution >= 4 is 5.91 Å². The molecule has 0 aliphatic heterocycles. The molecule has 1 N–H and O–H groups in total. The van der Waals surface area contributed by atoms with Gasteiger partial charge >= 0.3 is 0 Å². The van der Waals surface area contributed by atoms with Crippen LogP contribution in [-0.4, -0.2) is 32.8 Å². The van der Waals surface area contributed by atoms with Crippen LogP contribution < -0.4 is 0 Å². The summed E-state index contributed by atoms with van der Waals surface area (Å²) in [6.07, 6.45) is 5.09. The number of amides is 1. The monoisotopic (exact) mass is 230 g/mol. The number of carbonyl (C=O) groups excluding carboxylic acids is 1. The zero-order valence-corrected chi connectivity index (χ0v) is 9.84. The molecule has 0 saturated carbocycles. The largest absolute Gasteiger partial charge is 0.347 e. The summed E-state index contributed by atoms with van der Waals surface area (Å²) in [6.45, 7) is 2.29. The molecule has 0 fully saturated rings. The highest BCUT2D eigenvalue weighted by atomic mass is 16.2. The fraction of sp³-hybridized carbons (Fsp3) is 0.250. The lowest BCUT2D eigenvalue weighted by atomic mass is 10.2. The zero-order valence-electron chi connectivity index (χ0n) is 9.84. The topological polar surface area (TPSA) is 61.9 Å². The van der Waals surface area contributed by atoms with Crippen LogP contribution in [0.25, 0.3) is 0 Å². The third kappa shape index (κ3) is 2.50. The maximum Gasteiger partial charge on any atom is 0.255 e. The Morgan fingerprint density at radius 2 is 2.24 bits per heavy atom. The molecule has 0 atom stereocenters. The van der Waals surface area contributed by atoms with Crippen molar-refractivity contribution in [3.05, 3.63) is 47.8 Å². The maximum absolute atomic E-state index is 12.1. The molecule has 0 aliphatic carbocycles. The van der Waals surface area contributed by atoms with Crippen LogP contribution in [0.1, 0.15) is 21.9 Å². The van der Waals surface area contributed by atoms with Gasteiger partial charge in [0.1, 0.15) is 5.82 Å². The normalized spacial score (nSPS) is 10.2. The summed E-state index contributed by atoms with van der Waals surface area (Å²) in [4.78, 5) is 24.9. The Morgan fingerprint density at radius 1 is 1.41 bits per heavy atom. The Balaban J connectivity index is 2.13. The number of aromatic nitrogens is 3. The Morgan fingerprint density at radius 3 is 2.88 bits per heavy atom. The number of H-pyrrole nitrogens is 1. The fourth-order valence-corrected chi connectivity index (χ4v) is 1.60. The van der Waals surface area contributed by atoms with Gasteiger partial charge in [-0.2, -0.15) is 0 Å². The lowest BCUT2D eigenvalue weighted by Gasteiger charge is -2.16. The van der Waals surface area contributed by atoms with Crippen LogP contribution >= 0.6 is 0 Å². The molecular formula is C12H14N4O. The summed E-state index contributed by atoms with van der Waals surface area (Å²) in [5, 5.41) is 0. The molecule has 2 rings (SSSR count). The van der Waals surface area contributed by atoms with Gasteiger partial charge in [0.2, 0.25) is 0 Å². The summed E-state index contributed by atoms with van der Waals surface area (Å²) < 4.78 is 0. The van der Waals surface area contributed by atoms with E-state index in [1.54, 1.807) is 42.7 Å². The minimum Gasteiger partial charge on any atom is -0.347 e. The van der Waals surface area contributed by atoms with Crippen molar-refractivity contribution < 1.29 is 4.79 Å². The number of nitrogens with zero attached hydrogens (tertiary/aromatic N) is 3. The highest BCUT2D eigenvalue weighted by Gasteiger charge is 2.15. The molecule has 0 spiro atoms. The Bertz CT molecular complexity index is 507. The molecule has 0 unspecified atom stereocenters. The van der Waals surface area contributed by atoms with E-state index in [-0.39, 0.29) is 5.91 Å². The van der Waals surface area contributed by atoms with E-state index in [9.17, 15) is 4.79 Å². The van der Waals surface area contributed by atoms with Crippen molar-refractivity contribution in [3.8, 4) is 0 Å². The molecule has 2 aromatic rings. The predicted octanol–water partition coefficient (Wildman–Crippen LogP) is 1.39. The second-order valence-electron chi connectivity index (χ2n) is 3.83. The van der Waals surface area contributed by atoms with E-state index in [2.05, 4.69) is 15.0 Å². The van der Waals surface area contributed by atoms with Gasteiger partial charge in [0, 0.05) is 31.3 Å². The first-order chi connectivity index (χ1) is 8.18. The second kappa shape index (κ2) is 4.78. The van der Waals surface area contributed by atoms with Gasteiger partial charge < -0.3 is 9.88 Å². The number of hydrogen-bond donors (Lipinski definition) is 1. The van der Waals surface area contributed by atoms with Crippen LogP contribution in [0.5, 0.6) is 0 Å². The van der Waals surface area contributed by atoms with E-state index in [1.165, 1.54) is 0 Å². The maximum atomic E-state index is 12.1. The average Bonchev–Trinajstić information content (AvgIpc) is 2.81. The van der Waals surface area contributed by atoms with E-state index < -0.39 is 0 Å². The van der Waals surface area contributed by atoms with Crippen molar-refractivity contribution in [2.24, 2.45) is 0 Å².